The first kappa shape index (κ1) is 15.5. The van der Waals surface area contributed by atoms with Crippen LogP contribution in [0.25, 0.3) is 0 Å². The number of aryl methyl sites for hydroxylation is 1. The highest BCUT2D eigenvalue weighted by Gasteiger charge is 2.21. The van der Waals surface area contributed by atoms with Crippen LogP contribution in [0.4, 0.5) is 5.69 Å². The minimum Gasteiger partial charge on any atom is -0.352 e. The molecule has 4 heteroatoms. The van der Waals surface area contributed by atoms with Crippen molar-refractivity contribution in [2.45, 2.75) is 34.6 Å². The summed E-state index contributed by atoms with van der Waals surface area (Å²) in [5.41, 5.74) is 5.00. The number of hydrogen-bond donors (Lipinski definition) is 3. The highest BCUT2D eigenvalue weighted by Crippen LogP contribution is 2.24. The van der Waals surface area contributed by atoms with Gasteiger partial charge in [0.1, 0.15) is 0 Å². The first-order valence-corrected chi connectivity index (χ1v) is 6.61. The molecule has 0 radical (unpaired) electrons. The monoisotopic (exact) mass is 263 g/mol. The molecule has 1 amide bonds. The third-order valence-corrected chi connectivity index (χ3v) is 3.62. The second-order valence-electron chi connectivity index (χ2n) is 6.17. The van der Waals surface area contributed by atoms with Gasteiger partial charge < -0.3 is 10.7 Å². The first-order valence-electron chi connectivity index (χ1n) is 6.61. The van der Waals surface area contributed by atoms with Crippen LogP contribution in [-0.4, -0.2) is 12.5 Å². The summed E-state index contributed by atoms with van der Waals surface area (Å²) in [5.74, 6) is 5.74. The maximum absolute atomic E-state index is 12.2. The van der Waals surface area contributed by atoms with E-state index >= 15 is 0 Å². The van der Waals surface area contributed by atoms with Gasteiger partial charge in [-0.1, -0.05) is 39.3 Å². The summed E-state index contributed by atoms with van der Waals surface area (Å²) >= 11 is 0. The Labute approximate surface area is 115 Å². The molecule has 0 fully saturated rings. The minimum absolute atomic E-state index is 0.0900. The molecule has 0 aromatic heterocycles. The maximum Gasteiger partial charge on any atom is 0.253 e. The van der Waals surface area contributed by atoms with Gasteiger partial charge in [-0.25, -0.2) is 0 Å². The molecule has 19 heavy (non-hydrogen) atoms. The van der Waals surface area contributed by atoms with E-state index < -0.39 is 0 Å². The lowest BCUT2D eigenvalue weighted by Crippen LogP contribution is -2.34. The van der Waals surface area contributed by atoms with E-state index in [0.717, 1.165) is 5.56 Å². The van der Waals surface area contributed by atoms with Crippen molar-refractivity contribution in [3.05, 3.63) is 29.3 Å². The molecule has 1 aromatic rings. The number of anilines is 1. The minimum atomic E-state index is -0.0900. The Hall–Kier alpha value is -1.55. The lowest BCUT2D eigenvalue weighted by molar-refractivity contribution is 0.0938. The van der Waals surface area contributed by atoms with Crippen LogP contribution in [0, 0.1) is 18.3 Å². The average molecular weight is 263 g/mol. The van der Waals surface area contributed by atoms with Crippen molar-refractivity contribution in [2.75, 3.05) is 12.0 Å². The highest BCUT2D eigenvalue weighted by atomic mass is 16.1. The summed E-state index contributed by atoms with van der Waals surface area (Å²) in [7, 11) is 0. The Kier molecular flexibility index (Phi) is 4.95. The van der Waals surface area contributed by atoms with Gasteiger partial charge in [-0.05, 0) is 30.4 Å². The number of hydrazine groups is 1. The fraction of sp³-hybridized carbons (Fsp3) is 0.533. The van der Waals surface area contributed by atoms with E-state index in [1.165, 1.54) is 0 Å². The van der Waals surface area contributed by atoms with Crippen molar-refractivity contribution < 1.29 is 4.79 Å². The molecule has 0 bridgehead atoms. The molecule has 1 rings (SSSR count). The summed E-state index contributed by atoms with van der Waals surface area (Å²) < 4.78 is 0. The Morgan fingerprint density at radius 1 is 1.37 bits per heavy atom. The fourth-order valence-electron chi connectivity index (χ4n) is 1.62. The van der Waals surface area contributed by atoms with Crippen molar-refractivity contribution in [2.24, 2.45) is 17.2 Å². The van der Waals surface area contributed by atoms with Crippen molar-refractivity contribution in [3.8, 4) is 0 Å². The lowest BCUT2D eigenvalue weighted by Gasteiger charge is -2.27. The van der Waals surface area contributed by atoms with Gasteiger partial charge in [-0.3, -0.25) is 10.6 Å². The van der Waals surface area contributed by atoms with Gasteiger partial charge in [0.2, 0.25) is 0 Å². The van der Waals surface area contributed by atoms with Crippen molar-refractivity contribution in [3.63, 3.8) is 0 Å². The van der Waals surface area contributed by atoms with E-state index in [-0.39, 0.29) is 11.3 Å². The average Bonchev–Trinajstić information content (AvgIpc) is 2.34. The van der Waals surface area contributed by atoms with Crippen LogP contribution < -0.4 is 16.6 Å². The van der Waals surface area contributed by atoms with E-state index in [1.54, 1.807) is 0 Å². The summed E-state index contributed by atoms with van der Waals surface area (Å²) in [6, 6.07) is 5.58. The molecule has 4 nitrogen and oxygen atoms in total. The number of nitrogen functional groups attached to an aromatic ring is 1. The zero-order chi connectivity index (χ0) is 14.6. The standard InChI is InChI=1S/C15H25N3O/c1-10-6-7-13(18-16)12(8-10)14(19)17-9-11(2)15(3,4)5/h6-8,11,18H,9,16H2,1-5H3,(H,17,19). The summed E-state index contributed by atoms with van der Waals surface area (Å²) in [4.78, 5) is 12.2. The second-order valence-corrected chi connectivity index (χ2v) is 6.17. The number of benzene rings is 1. The number of amides is 1. The molecule has 1 atom stereocenters. The Morgan fingerprint density at radius 3 is 2.53 bits per heavy atom. The number of carbonyl (C=O) groups excluding carboxylic acids is 1. The van der Waals surface area contributed by atoms with Crippen LogP contribution >= 0.6 is 0 Å². The van der Waals surface area contributed by atoms with Gasteiger partial charge in [0, 0.05) is 6.54 Å². The van der Waals surface area contributed by atoms with Gasteiger partial charge >= 0.3 is 0 Å². The van der Waals surface area contributed by atoms with Gasteiger partial charge in [-0.2, -0.15) is 0 Å². The van der Waals surface area contributed by atoms with Gasteiger partial charge in [0.15, 0.2) is 0 Å². The smallest absolute Gasteiger partial charge is 0.253 e. The molecular formula is C15H25N3O. The van der Waals surface area contributed by atoms with Crippen LogP contribution in [-0.2, 0) is 0 Å². The molecule has 0 aliphatic carbocycles. The molecule has 4 N–H and O–H groups in total. The largest absolute Gasteiger partial charge is 0.352 e. The maximum atomic E-state index is 12.2. The van der Waals surface area contributed by atoms with Gasteiger partial charge in [0.05, 0.1) is 11.3 Å². The highest BCUT2D eigenvalue weighted by molar-refractivity contribution is 5.99. The van der Waals surface area contributed by atoms with Crippen LogP contribution in [0.15, 0.2) is 18.2 Å². The number of nitrogens with two attached hydrogens (primary N) is 1. The van der Waals surface area contributed by atoms with Crippen LogP contribution in [0.5, 0.6) is 0 Å². The molecule has 0 aliphatic heterocycles. The van der Waals surface area contributed by atoms with Crippen LogP contribution in [0.2, 0.25) is 0 Å². The Balaban J connectivity index is 2.76. The molecule has 106 valence electrons. The predicted octanol–water partition coefficient (Wildman–Crippen LogP) is 2.69. The van der Waals surface area contributed by atoms with Crippen molar-refractivity contribution in [1.29, 1.82) is 0 Å². The van der Waals surface area contributed by atoms with E-state index in [4.69, 9.17) is 5.84 Å². The summed E-state index contributed by atoms with van der Waals surface area (Å²) in [5, 5.41) is 2.97. The number of nitrogens with one attached hydrogen (secondary N) is 2. The molecule has 0 spiro atoms. The molecule has 1 aromatic carbocycles. The molecular weight excluding hydrogens is 238 g/mol. The molecule has 0 heterocycles. The molecule has 0 aliphatic rings. The number of carbonyl (C=O) groups is 1. The number of rotatable bonds is 4. The second kappa shape index (κ2) is 6.06. The zero-order valence-electron chi connectivity index (χ0n) is 12.5. The Morgan fingerprint density at radius 2 is 2.00 bits per heavy atom. The van der Waals surface area contributed by atoms with E-state index in [2.05, 4.69) is 38.4 Å². The quantitative estimate of drug-likeness (QED) is 0.578. The Bertz CT molecular complexity index is 449. The summed E-state index contributed by atoms with van der Waals surface area (Å²) in [6.07, 6.45) is 0. The fourth-order valence-corrected chi connectivity index (χ4v) is 1.62. The predicted molar refractivity (Wildman–Crippen MR) is 79.9 cm³/mol. The van der Waals surface area contributed by atoms with Crippen molar-refractivity contribution in [1.82, 2.24) is 5.32 Å². The van der Waals surface area contributed by atoms with Crippen LogP contribution in [0.1, 0.15) is 43.6 Å². The van der Waals surface area contributed by atoms with E-state index in [0.29, 0.717) is 23.7 Å². The topological polar surface area (TPSA) is 67.1 Å². The lowest BCUT2D eigenvalue weighted by atomic mass is 9.82. The van der Waals surface area contributed by atoms with Gasteiger partial charge in [-0.15, -0.1) is 0 Å². The number of hydrogen-bond acceptors (Lipinski definition) is 3. The molecule has 1 unspecified atom stereocenters. The third kappa shape index (κ3) is 4.24. The zero-order valence-corrected chi connectivity index (χ0v) is 12.5. The van der Waals surface area contributed by atoms with Gasteiger partial charge in [0.25, 0.3) is 5.91 Å². The SMILES string of the molecule is Cc1ccc(NN)c(C(=O)NCC(C)C(C)(C)C)c1. The van der Waals surface area contributed by atoms with Crippen LogP contribution in [0.3, 0.4) is 0 Å². The van der Waals surface area contributed by atoms with E-state index in [9.17, 15) is 4.79 Å². The molecule has 0 saturated heterocycles. The first-order chi connectivity index (χ1) is 8.75. The summed E-state index contributed by atoms with van der Waals surface area (Å²) in [6.45, 7) is 11.3. The molecule has 0 saturated carbocycles. The van der Waals surface area contributed by atoms with E-state index in [1.807, 2.05) is 25.1 Å². The van der Waals surface area contributed by atoms with Crippen molar-refractivity contribution >= 4 is 11.6 Å². The normalized spacial score (nSPS) is 12.9. The third-order valence-electron chi connectivity index (χ3n) is 3.62.